The second kappa shape index (κ2) is 13.0. The van der Waals surface area contributed by atoms with Crippen molar-refractivity contribution in [3.63, 3.8) is 0 Å². The summed E-state index contributed by atoms with van der Waals surface area (Å²) in [6.45, 7) is 4.56. The summed E-state index contributed by atoms with van der Waals surface area (Å²) in [5.41, 5.74) is 3.21. The van der Waals surface area contributed by atoms with Crippen molar-refractivity contribution in [1.29, 1.82) is 0 Å². The van der Waals surface area contributed by atoms with E-state index in [1.54, 1.807) is 24.1 Å². The third-order valence-corrected chi connectivity index (χ3v) is 7.35. The van der Waals surface area contributed by atoms with Crippen LogP contribution in [0.3, 0.4) is 0 Å². The molecule has 8 nitrogen and oxygen atoms in total. The van der Waals surface area contributed by atoms with Crippen molar-refractivity contribution in [3.05, 3.63) is 50.7 Å². The van der Waals surface area contributed by atoms with E-state index in [9.17, 15) is 14.4 Å². The highest BCUT2D eigenvalue weighted by molar-refractivity contribution is 7.18. The van der Waals surface area contributed by atoms with Gasteiger partial charge in [0.15, 0.2) is 0 Å². The number of carbonyl (C=O) groups excluding carboxylic acids is 3. The van der Waals surface area contributed by atoms with Crippen LogP contribution in [0.15, 0.2) is 30.3 Å². The molecule has 1 aromatic carbocycles. The summed E-state index contributed by atoms with van der Waals surface area (Å²) in [4.78, 5) is 42.4. The zero-order valence-electron chi connectivity index (χ0n) is 20.4. The van der Waals surface area contributed by atoms with Gasteiger partial charge >= 0.3 is 0 Å². The maximum atomic E-state index is 13.3. The first kappa shape index (κ1) is 27.1. The van der Waals surface area contributed by atoms with Gasteiger partial charge in [0.1, 0.15) is 6.04 Å². The summed E-state index contributed by atoms with van der Waals surface area (Å²) in [5.74, 6) is -0.825. The van der Waals surface area contributed by atoms with Gasteiger partial charge in [-0.3, -0.25) is 14.4 Å². The molecule has 10 heteroatoms. The molecule has 0 radical (unpaired) electrons. The lowest BCUT2D eigenvalue weighted by Crippen LogP contribution is -2.46. The van der Waals surface area contributed by atoms with Crippen LogP contribution in [-0.2, 0) is 27.2 Å². The summed E-state index contributed by atoms with van der Waals surface area (Å²) >= 11 is 7.12. The fourth-order valence-electron chi connectivity index (χ4n) is 3.99. The van der Waals surface area contributed by atoms with Gasteiger partial charge in [-0.1, -0.05) is 17.7 Å². The van der Waals surface area contributed by atoms with Gasteiger partial charge in [0.2, 0.25) is 11.8 Å². The second-order valence-corrected chi connectivity index (χ2v) is 10.4. The van der Waals surface area contributed by atoms with Crippen LogP contribution in [0.2, 0.25) is 4.34 Å². The van der Waals surface area contributed by atoms with E-state index < -0.39 is 6.04 Å². The van der Waals surface area contributed by atoms with Crippen LogP contribution in [0.1, 0.15) is 34.1 Å². The van der Waals surface area contributed by atoms with Gasteiger partial charge < -0.3 is 25.2 Å². The average molecular weight is 521 g/mol. The van der Waals surface area contributed by atoms with Crippen LogP contribution in [0.5, 0.6) is 0 Å². The summed E-state index contributed by atoms with van der Waals surface area (Å²) < 4.78 is 5.58. The van der Waals surface area contributed by atoms with E-state index >= 15 is 0 Å². The van der Waals surface area contributed by atoms with Crippen molar-refractivity contribution >= 4 is 46.3 Å². The number of thiophene rings is 1. The molecule has 0 aliphatic carbocycles. The molecular weight excluding hydrogens is 488 g/mol. The molecule has 0 spiro atoms. The van der Waals surface area contributed by atoms with Crippen LogP contribution in [0.4, 0.5) is 5.69 Å². The smallest absolute Gasteiger partial charge is 0.262 e. The molecule has 1 atom stereocenters. The number of hydrogen-bond acceptors (Lipinski definition) is 6. The number of carbonyl (C=O) groups is 3. The Morgan fingerprint density at radius 1 is 1.14 bits per heavy atom. The number of nitrogens with one attached hydrogen (secondary N) is 2. The molecule has 0 unspecified atom stereocenters. The zero-order valence-corrected chi connectivity index (χ0v) is 22.0. The number of ether oxygens (including phenoxy) is 1. The standard InChI is InChI=1S/C25H33ClN4O4S/c1-17(31)30(14-15-34-3)13-10-21(28-25(33)22-6-7-23(26)35-22)24(32)27-20-5-4-18-8-11-29(2)12-9-19(18)16-20/h4-7,16,21H,8-15H2,1-3H3,(H,27,32)(H,28,33)/t21-/m1/s1. The molecule has 0 fully saturated rings. The molecule has 3 rings (SSSR count). The summed E-state index contributed by atoms with van der Waals surface area (Å²) in [5, 5.41) is 5.78. The third kappa shape index (κ3) is 8.03. The molecule has 1 aliphatic rings. The lowest BCUT2D eigenvalue weighted by Gasteiger charge is -2.24. The predicted octanol–water partition coefficient (Wildman–Crippen LogP) is 3.05. The Labute approximate surface area is 215 Å². The maximum Gasteiger partial charge on any atom is 0.262 e. The number of hydrogen-bond donors (Lipinski definition) is 2. The molecule has 2 N–H and O–H groups in total. The van der Waals surface area contributed by atoms with Crippen molar-refractivity contribution in [2.45, 2.75) is 32.2 Å². The number of anilines is 1. The van der Waals surface area contributed by atoms with E-state index in [-0.39, 0.29) is 24.1 Å². The van der Waals surface area contributed by atoms with Gasteiger partial charge in [-0.25, -0.2) is 0 Å². The minimum atomic E-state index is -0.835. The SMILES string of the molecule is COCCN(CC[C@@H](NC(=O)c1ccc(Cl)s1)C(=O)Nc1ccc2c(c1)CCN(C)CC2)C(C)=O. The number of halogens is 1. The highest BCUT2D eigenvalue weighted by atomic mass is 35.5. The number of likely N-dealkylation sites (N-methyl/N-ethyl adjacent to an activating group) is 1. The van der Waals surface area contributed by atoms with Crippen LogP contribution in [0, 0.1) is 0 Å². The Kier molecular flexibility index (Phi) is 10.1. The van der Waals surface area contributed by atoms with Gasteiger partial charge in [0.25, 0.3) is 5.91 Å². The summed E-state index contributed by atoms with van der Waals surface area (Å²) in [6, 6.07) is 8.42. The second-order valence-electron chi connectivity index (χ2n) is 8.69. The number of methoxy groups -OCH3 is 1. The predicted molar refractivity (Wildman–Crippen MR) is 139 cm³/mol. The first-order chi connectivity index (χ1) is 16.8. The van der Waals surface area contributed by atoms with E-state index in [2.05, 4.69) is 28.6 Å². The lowest BCUT2D eigenvalue weighted by molar-refractivity contribution is -0.130. The number of fused-ring (bicyclic) bond motifs is 1. The number of nitrogens with zero attached hydrogens (tertiary/aromatic N) is 2. The highest BCUT2D eigenvalue weighted by Crippen LogP contribution is 2.22. The zero-order chi connectivity index (χ0) is 25.4. The Hall–Kier alpha value is -2.46. The van der Waals surface area contributed by atoms with Crippen molar-refractivity contribution in [1.82, 2.24) is 15.1 Å². The monoisotopic (exact) mass is 520 g/mol. The topological polar surface area (TPSA) is 91.0 Å². The van der Waals surface area contributed by atoms with E-state index in [0.717, 1.165) is 37.3 Å². The van der Waals surface area contributed by atoms with Crippen molar-refractivity contribution in [2.24, 2.45) is 0 Å². The van der Waals surface area contributed by atoms with E-state index in [1.807, 2.05) is 12.1 Å². The molecule has 2 aromatic rings. The fraction of sp³-hybridized carbons (Fsp3) is 0.480. The van der Waals surface area contributed by atoms with Gasteiger partial charge in [-0.05, 0) is 61.7 Å². The van der Waals surface area contributed by atoms with E-state index in [4.69, 9.17) is 16.3 Å². The maximum absolute atomic E-state index is 13.3. The molecule has 1 aliphatic heterocycles. The first-order valence-corrected chi connectivity index (χ1v) is 12.9. The van der Waals surface area contributed by atoms with E-state index in [1.165, 1.54) is 18.1 Å². The van der Waals surface area contributed by atoms with Gasteiger partial charge in [-0.15, -0.1) is 11.3 Å². The molecule has 0 saturated carbocycles. The van der Waals surface area contributed by atoms with Gasteiger partial charge in [0, 0.05) is 45.9 Å². The Balaban J connectivity index is 1.73. The molecule has 190 valence electrons. The quantitative estimate of drug-likeness (QED) is 0.502. The molecule has 35 heavy (non-hydrogen) atoms. The van der Waals surface area contributed by atoms with Crippen LogP contribution in [0.25, 0.3) is 0 Å². The van der Waals surface area contributed by atoms with Crippen molar-refractivity contribution in [2.75, 3.05) is 52.3 Å². The number of benzene rings is 1. The fourth-order valence-corrected chi connectivity index (χ4v) is 4.94. The molecule has 1 aromatic heterocycles. The Morgan fingerprint density at radius 3 is 2.54 bits per heavy atom. The largest absolute Gasteiger partial charge is 0.383 e. The molecule has 3 amide bonds. The summed E-state index contributed by atoms with van der Waals surface area (Å²) in [7, 11) is 3.68. The molecular formula is C25H33ClN4O4S. The average Bonchev–Trinajstić information content (AvgIpc) is 3.18. The van der Waals surface area contributed by atoms with Crippen molar-refractivity contribution in [3.8, 4) is 0 Å². The highest BCUT2D eigenvalue weighted by Gasteiger charge is 2.24. The minimum absolute atomic E-state index is 0.117. The Bertz CT molecular complexity index is 1040. The Morgan fingerprint density at radius 2 is 1.89 bits per heavy atom. The van der Waals surface area contributed by atoms with Crippen LogP contribution < -0.4 is 10.6 Å². The third-order valence-electron chi connectivity index (χ3n) is 6.12. The van der Waals surface area contributed by atoms with Crippen molar-refractivity contribution < 1.29 is 19.1 Å². The molecule has 2 heterocycles. The van der Waals surface area contributed by atoms with Crippen LogP contribution >= 0.6 is 22.9 Å². The van der Waals surface area contributed by atoms with E-state index in [0.29, 0.717) is 34.6 Å². The summed E-state index contributed by atoms with van der Waals surface area (Å²) in [6.07, 6.45) is 2.15. The van der Waals surface area contributed by atoms with Gasteiger partial charge in [-0.2, -0.15) is 0 Å². The molecule has 0 bridgehead atoms. The first-order valence-electron chi connectivity index (χ1n) is 11.7. The van der Waals surface area contributed by atoms with Crippen LogP contribution in [-0.4, -0.2) is 80.5 Å². The number of rotatable bonds is 10. The minimum Gasteiger partial charge on any atom is -0.383 e. The number of amides is 3. The molecule has 0 saturated heterocycles. The normalized spacial score (nSPS) is 14.5. The lowest BCUT2D eigenvalue weighted by atomic mass is 10.0. The van der Waals surface area contributed by atoms with Gasteiger partial charge in [0.05, 0.1) is 15.8 Å².